The Morgan fingerprint density at radius 2 is 2.05 bits per heavy atom. The third-order valence-corrected chi connectivity index (χ3v) is 4.90. The van der Waals surface area contributed by atoms with E-state index < -0.39 is 12.0 Å². The van der Waals surface area contributed by atoms with Crippen LogP contribution in [-0.4, -0.2) is 46.2 Å². The molecule has 1 heterocycles. The predicted octanol–water partition coefficient (Wildman–Crippen LogP) is 2.62. The zero-order valence-electron chi connectivity index (χ0n) is 11.8. The van der Waals surface area contributed by atoms with Gasteiger partial charge < -0.3 is 5.11 Å². The average molecular weight is 312 g/mol. The van der Waals surface area contributed by atoms with Crippen molar-refractivity contribution in [2.45, 2.75) is 24.8 Å². The number of anilines is 1. The normalized spacial score (nSPS) is 21.4. The lowest BCUT2D eigenvalue weighted by Crippen LogP contribution is -2.50. The Hall–Kier alpha value is -1.76. The molecule has 5 nitrogen and oxygen atoms in total. The maximum Gasteiger partial charge on any atom is 0.327 e. The van der Waals surface area contributed by atoms with Crippen LogP contribution in [0.2, 0.25) is 0 Å². The summed E-state index contributed by atoms with van der Waals surface area (Å²) in [5.41, 5.74) is 0.525. The number of nitrogens with zero attached hydrogens (tertiary/aromatic N) is 2. The number of rotatable bonds is 3. The van der Waals surface area contributed by atoms with Crippen LogP contribution in [0.15, 0.2) is 24.3 Å². The molecule has 21 heavy (non-hydrogen) atoms. The van der Waals surface area contributed by atoms with Gasteiger partial charge >= 0.3 is 12.0 Å². The third kappa shape index (κ3) is 3.12. The largest absolute Gasteiger partial charge is 0.480 e. The molecule has 0 aromatic heterocycles. The monoisotopic (exact) mass is 312 g/mol. The first-order chi connectivity index (χ1) is 9.95. The maximum absolute atomic E-state index is 12.9. The molecule has 1 aromatic carbocycles. The highest BCUT2D eigenvalue weighted by Crippen LogP contribution is 2.32. The molecule has 2 unspecified atom stereocenters. The van der Waals surface area contributed by atoms with Crippen LogP contribution in [0.1, 0.15) is 13.3 Å². The van der Waals surface area contributed by atoms with Crippen LogP contribution < -0.4 is 4.90 Å². The molecule has 2 rings (SSSR count). The molecule has 0 radical (unpaired) electrons. The van der Waals surface area contributed by atoms with Crippen LogP contribution in [-0.2, 0) is 4.79 Å². The number of aliphatic carboxylic acids is 1. The van der Waals surface area contributed by atoms with Crippen molar-refractivity contribution in [3.63, 3.8) is 0 Å². The lowest BCUT2D eigenvalue weighted by atomic mass is 10.2. The molecule has 114 valence electrons. The molecule has 1 aliphatic heterocycles. The SMILES string of the molecule is CCC1SCC(C(=O)O)N1C(=O)N(C)c1ccc(F)cc1. The first-order valence-electron chi connectivity index (χ1n) is 6.61. The van der Waals surface area contributed by atoms with Gasteiger partial charge in [-0.25, -0.2) is 14.0 Å². The summed E-state index contributed by atoms with van der Waals surface area (Å²) in [7, 11) is 1.56. The van der Waals surface area contributed by atoms with Crippen LogP contribution >= 0.6 is 11.8 Å². The number of halogens is 1. The summed E-state index contributed by atoms with van der Waals surface area (Å²) in [5.74, 6) is -0.998. The van der Waals surface area contributed by atoms with Crippen molar-refractivity contribution in [3.8, 4) is 0 Å². The van der Waals surface area contributed by atoms with Crippen LogP contribution in [0.4, 0.5) is 14.9 Å². The number of thioether (sulfide) groups is 1. The molecule has 1 aliphatic rings. The molecule has 1 aromatic rings. The molecule has 0 aliphatic carbocycles. The Kier molecular flexibility index (Phi) is 4.72. The number of carbonyl (C=O) groups excluding carboxylic acids is 1. The Bertz CT molecular complexity index is 538. The number of hydrogen-bond acceptors (Lipinski definition) is 3. The third-order valence-electron chi connectivity index (χ3n) is 3.45. The Balaban J connectivity index is 2.23. The van der Waals surface area contributed by atoms with E-state index in [1.807, 2.05) is 6.92 Å². The number of amides is 2. The smallest absolute Gasteiger partial charge is 0.327 e. The zero-order chi connectivity index (χ0) is 15.6. The second-order valence-electron chi connectivity index (χ2n) is 4.78. The quantitative estimate of drug-likeness (QED) is 0.932. The van der Waals surface area contributed by atoms with E-state index in [1.165, 1.54) is 45.8 Å². The molecule has 0 spiro atoms. The van der Waals surface area contributed by atoms with Gasteiger partial charge in [0.2, 0.25) is 0 Å². The van der Waals surface area contributed by atoms with Gasteiger partial charge in [0, 0.05) is 18.5 Å². The van der Waals surface area contributed by atoms with Gasteiger partial charge in [0.25, 0.3) is 0 Å². The number of carboxylic acids is 1. The Morgan fingerprint density at radius 1 is 1.43 bits per heavy atom. The summed E-state index contributed by atoms with van der Waals surface area (Å²) >= 11 is 1.47. The average Bonchev–Trinajstić information content (AvgIpc) is 2.90. The van der Waals surface area contributed by atoms with Crippen molar-refractivity contribution in [3.05, 3.63) is 30.1 Å². The van der Waals surface area contributed by atoms with Crippen molar-refractivity contribution in [1.29, 1.82) is 0 Å². The highest BCUT2D eigenvalue weighted by Gasteiger charge is 2.42. The van der Waals surface area contributed by atoms with E-state index in [0.717, 1.165) is 0 Å². The van der Waals surface area contributed by atoms with Gasteiger partial charge in [0.15, 0.2) is 0 Å². The molecular formula is C14H17FN2O3S. The molecule has 1 N–H and O–H groups in total. The van der Waals surface area contributed by atoms with Gasteiger partial charge in [0.05, 0.1) is 5.37 Å². The summed E-state index contributed by atoms with van der Waals surface area (Å²) in [5, 5.41) is 9.11. The second-order valence-corrected chi connectivity index (χ2v) is 5.99. The number of carboxylic acid groups (broad SMARTS) is 1. The highest BCUT2D eigenvalue weighted by molar-refractivity contribution is 8.00. The minimum Gasteiger partial charge on any atom is -0.480 e. The van der Waals surface area contributed by atoms with Gasteiger partial charge in [-0.2, -0.15) is 0 Å². The standard InChI is InChI=1S/C14H17FN2O3S/c1-3-12-17(11(8-21-12)13(18)19)14(20)16(2)10-6-4-9(15)5-7-10/h4-7,11-12H,3,8H2,1-2H3,(H,18,19). The van der Waals surface area contributed by atoms with Crippen molar-refractivity contribution < 1.29 is 19.1 Å². The van der Waals surface area contributed by atoms with E-state index in [9.17, 15) is 19.1 Å². The molecule has 0 saturated carbocycles. The van der Waals surface area contributed by atoms with Crippen molar-refractivity contribution in [2.75, 3.05) is 17.7 Å². The van der Waals surface area contributed by atoms with Crippen LogP contribution in [0.3, 0.4) is 0 Å². The number of carbonyl (C=O) groups is 2. The van der Waals surface area contributed by atoms with E-state index >= 15 is 0 Å². The van der Waals surface area contributed by atoms with Crippen molar-refractivity contribution >= 4 is 29.4 Å². The predicted molar refractivity (Wildman–Crippen MR) is 80.0 cm³/mol. The van der Waals surface area contributed by atoms with Crippen LogP contribution in [0.25, 0.3) is 0 Å². The van der Waals surface area contributed by atoms with Gasteiger partial charge in [-0.1, -0.05) is 6.92 Å². The van der Waals surface area contributed by atoms with Gasteiger partial charge in [-0.3, -0.25) is 9.80 Å². The minimum atomic E-state index is -1.00. The maximum atomic E-state index is 12.9. The summed E-state index contributed by atoms with van der Waals surface area (Å²) in [6.45, 7) is 1.92. The summed E-state index contributed by atoms with van der Waals surface area (Å²) in [4.78, 5) is 26.7. The van der Waals surface area contributed by atoms with Gasteiger partial charge in [0.1, 0.15) is 11.9 Å². The van der Waals surface area contributed by atoms with Crippen LogP contribution in [0.5, 0.6) is 0 Å². The molecule has 1 saturated heterocycles. The molecule has 1 fully saturated rings. The fourth-order valence-corrected chi connectivity index (χ4v) is 3.61. The van der Waals surface area contributed by atoms with Gasteiger partial charge in [-0.15, -0.1) is 11.8 Å². The minimum absolute atomic E-state index is 0.151. The molecule has 0 bridgehead atoms. The zero-order valence-corrected chi connectivity index (χ0v) is 12.6. The highest BCUT2D eigenvalue weighted by atomic mass is 32.2. The Labute approximate surface area is 126 Å². The van der Waals surface area contributed by atoms with E-state index in [4.69, 9.17) is 0 Å². The summed E-state index contributed by atoms with van der Waals surface area (Å²) in [6.07, 6.45) is 0.678. The lowest BCUT2D eigenvalue weighted by Gasteiger charge is -2.31. The summed E-state index contributed by atoms with van der Waals surface area (Å²) < 4.78 is 12.9. The fourth-order valence-electron chi connectivity index (χ4n) is 2.27. The number of hydrogen-bond donors (Lipinski definition) is 1. The molecule has 7 heteroatoms. The second kappa shape index (κ2) is 6.34. The van der Waals surface area contributed by atoms with Crippen LogP contribution in [0, 0.1) is 5.82 Å². The van der Waals surface area contributed by atoms with E-state index in [1.54, 1.807) is 7.05 Å². The van der Waals surface area contributed by atoms with Crippen molar-refractivity contribution in [1.82, 2.24) is 4.90 Å². The first-order valence-corrected chi connectivity index (χ1v) is 7.66. The number of benzene rings is 1. The molecule has 2 amide bonds. The molecular weight excluding hydrogens is 295 g/mol. The fraction of sp³-hybridized carbons (Fsp3) is 0.429. The topological polar surface area (TPSA) is 60.9 Å². The Morgan fingerprint density at radius 3 is 2.57 bits per heavy atom. The van der Waals surface area contributed by atoms with Gasteiger partial charge in [-0.05, 0) is 30.7 Å². The first kappa shape index (κ1) is 15.6. The lowest BCUT2D eigenvalue weighted by molar-refractivity contribution is -0.141. The van der Waals surface area contributed by atoms with E-state index in [2.05, 4.69) is 0 Å². The number of urea groups is 1. The summed E-state index contributed by atoms with van der Waals surface area (Å²) in [6, 6.07) is 4.31. The van der Waals surface area contributed by atoms with E-state index in [-0.39, 0.29) is 17.2 Å². The molecule has 2 atom stereocenters. The van der Waals surface area contributed by atoms with Crippen molar-refractivity contribution in [2.24, 2.45) is 0 Å². The van der Waals surface area contributed by atoms with E-state index in [0.29, 0.717) is 17.9 Å².